The summed E-state index contributed by atoms with van der Waals surface area (Å²) >= 11 is 0. The molecule has 0 spiro atoms. The molecule has 6 heteroatoms. The predicted octanol–water partition coefficient (Wildman–Crippen LogP) is 1.02. The Morgan fingerprint density at radius 1 is 1.50 bits per heavy atom. The van der Waals surface area contributed by atoms with E-state index >= 15 is 0 Å². The largest absolute Gasteiger partial charge is 0.352 e. The number of imidazole rings is 1. The summed E-state index contributed by atoms with van der Waals surface area (Å²) in [4.78, 5) is 25.0. The van der Waals surface area contributed by atoms with Crippen LogP contribution in [0.3, 0.4) is 0 Å². The van der Waals surface area contributed by atoms with Gasteiger partial charge in [0.15, 0.2) is 11.2 Å². The summed E-state index contributed by atoms with van der Waals surface area (Å²) in [6.07, 6.45) is 6.46. The van der Waals surface area contributed by atoms with Crippen molar-refractivity contribution in [3.63, 3.8) is 0 Å². The zero-order chi connectivity index (χ0) is 11.4. The zero-order valence-electron chi connectivity index (χ0n) is 8.95. The predicted molar refractivity (Wildman–Crippen MR) is 62.4 cm³/mol. The molecule has 2 rings (SSSR count). The first-order valence-corrected chi connectivity index (χ1v) is 5.13. The van der Waals surface area contributed by atoms with Crippen molar-refractivity contribution >= 4 is 17.1 Å². The molecule has 0 bridgehead atoms. The van der Waals surface area contributed by atoms with Gasteiger partial charge >= 0.3 is 0 Å². The second-order valence-corrected chi connectivity index (χ2v) is 3.28. The second kappa shape index (κ2) is 4.61. The molecule has 0 radical (unpaired) electrons. The van der Waals surface area contributed by atoms with Crippen LogP contribution in [0.25, 0.3) is 11.2 Å². The highest BCUT2D eigenvalue weighted by atomic mass is 16.1. The summed E-state index contributed by atoms with van der Waals surface area (Å²) < 4.78 is 0. The average molecular weight is 219 g/mol. The average Bonchev–Trinajstić information content (AvgIpc) is 2.73. The summed E-state index contributed by atoms with van der Waals surface area (Å²) in [6.45, 7) is 2.69. The lowest BCUT2D eigenvalue weighted by atomic mass is 10.4. The number of nitrogens with one attached hydrogen (secondary N) is 3. The lowest BCUT2D eigenvalue weighted by molar-refractivity contribution is 1.10. The number of aromatic nitrogens is 4. The first-order valence-electron chi connectivity index (χ1n) is 5.13. The summed E-state index contributed by atoms with van der Waals surface area (Å²) in [5.41, 5.74) is 0.602. The van der Waals surface area contributed by atoms with Gasteiger partial charge in [-0.2, -0.15) is 4.98 Å². The minimum atomic E-state index is -0.218. The Labute approximate surface area is 91.8 Å². The van der Waals surface area contributed by atoms with Gasteiger partial charge in [0, 0.05) is 6.54 Å². The van der Waals surface area contributed by atoms with E-state index in [2.05, 4.69) is 32.2 Å². The van der Waals surface area contributed by atoms with Crippen molar-refractivity contribution in [1.29, 1.82) is 0 Å². The van der Waals surface area contributed by atoms with Crippen LogP contribution in [0.2, 0.25) is 0 Å². The Morgan fingerprint density at radius 3 is 3.19 bits per heavy atom. The van der Waals surface area contributed by atoms with Crippen molar-refractivity contribution in [2.45, 2.75) is 13.3 Å². The van der Waals surface area contributed by atoms with E-state index < -0.39 is 0 Å². The Morgan fingerprint density at radius 2 is 2.38 bits per heavy atom. The number of aromatic amines is 2. The maximum Gasteiger partial charge on any atom is 0.278 e. The van der Waals surface area contributed by atoms with Gasteiger partial charge in [0.05, 0.1) is 6.33 Å². The van der Waals surface area contributed by atoms with E-state index in [-0.39, 0.29) is 5.56 Å². The van der Waals surface area contributed by atoms with Crippen LogP contribution in [0.1, 0.15) is 13.3 Å². The standard InChI is InChI=1S/C10H13N5O/c1-2-3-4-5-11-10-14-8-7(9(16)15-10)12-6-13-8/h3-4,6H,2,5H2,1H3,(H3,11,12,13,14,15,16). The lowest BCUT2D eigenvalue weighted by Gasteiger charge is -2.00. The Bertz CT molecular complexity index is 554. The summed E-state index contributed by atoms with van der Waals surface area (Å²) in [5, 5.41) is 2.99. The molecule has 0 aliphatic carbocycles. The Kier molecular flexibility index (Phi) is 3.00. The summed E-state index contributed by atoms with van der Waals surface area (Å²) in [6, 6.07) is 0. The maximum atomic E-state index is 11.5. The van der Waals surface area contributed by atoms with Crippen molar-refractivity contribution in [3.8, 4) is 0 Å². The van der Waals surface area contributed by atoms with Crippen molar-refractivity contribution in [2.75, 3.05) is 11.9 Å². The fourth-order valence-electron chi connectivity index (χ4n) is 1.33. The van der Waals surface area contributed by atoms with Gasteiger partial charge in [-0.05, 0) is 6.42 Å². The molecule has 0 amide bonds. The number of hydrogen-bond acceptors (Lipinski definition) is 4. The molecule has 2 aromatic heterocycles. The molecule has 3 N–H and O–H groups in total. The monoisotopic (exact) mass is 219 g/mol. The molecule has 0 saturated carbocycles. The minimum Gasteiger partial charge on any atom is -0.352 e. The van der Waals surface area contributed by atoms with Crippen LogP contribution in [0.15, 0.2) is 23.3 Å². The number of H-pyrrole nitrogens is 2. The highest BCUT2D eigenvalue weighted by molar-refractivity contribution is 5.69. The van der Waals surface area contributed by atoms with E-state index in [1.807, 2.05) is 12.2 Å². The van der Waals surface area contributed by atoms with Gasteiger partial charge in [-0.1, -0.05) is 19.1 Å². The number of fused-ring (bicyclic) bond motifs is 1. The first-order chi connectivity index (χ1) is 7.81. The third kappa shape index (κ3) is 2.10. The molecular formula is C10H13N5O. The molecule has 0 aliphatic rings. The van der Waals surface area contributed by atoms with Gasteiger partial charge in [0.2, 0.25) is 5.95 Å². The second-order valence-electron chi connectivity index (χ2n) is 3.28. The van der Waals surface area contributed by atoms with Gasteiger partial charge in [-0.25, -0.2) is 4.98 Å². The Balaban J connectivity index is 2.18. The molecule has 2 aromatic rings. The van der Waals surface area contributed by atoms with Gasteiger partial charge in [-0.3, -0.25) is 9.78 Å². The minimum absolute atomic E-state index is 0.218. The lowest BCUT2D eigenvalue weighted by Crippen LogP contribution is -2.13. The van der Waals surface area contributed by atoms with Crippen LogP contribution >= 0.6 is 0 Å². The van der Waals surface area contributed by atoms with Crippen LogP contribution < -0.4 is 10.9 Å². The molecule has 0 aliphatic heterocycles. The van der Waals surface area contributed by atoms with E-state index in [0.29, 0.717) is 23.7 Å². The van der Waals surface area contributed by atoms with E-state index in [4.69, 9.17) is 0 Å². The highest BCUT2D eigenvalue weighted by Gasteiger charge is 2.04. The van der Waals surface area contributed by atoms with Crippen molar-refractivity contribution in [1.82, 2.24) is 19.9 Å². The Hall–Kier alpha value is -2.11. The molecule has 6 nitrogen and oxygen atoms in total. The van der Waals surface area contributed by atoms with Crippen molar-refractivity contribution in [2.24, 2.45) is 0 Å². The number of nitrogens with zero attached hydrogens (tertiary/aromatic N) is 2. The third-order valence-electron chi connectivity index (χ3n) is 2.09. The fourth-order valence-corrected chi connectivity index (χ4v) is 1.33. The van der Waals surface area contributed by atoms with E-state index in [1.165, 1.54) is 6.33 Å². The number of anilines is 1. The van der Waals surface area contributed by atoms with Gasteiger partial charge in [0.25, 0.3) is 5.56 Å². The SMILES string of the molecule is CCC=CCNc1nc2nc[nH]c2c(=O)[nH]1. The molecule has 0 unspecified atom stereocenters. The van der Waals surface area contributed by atoms with Crippen molar-refractivity contribution in [3.05, 3.63) is 28.8 Å². The molecule has 0 fully saturated rings. The van der Waals surface area contributed by atoms with Gasteiger partial charge in [0.1, 0.15) is 0 Å². The van der Waals surface area contributed by atoms with Crippen LogP contribution in [-0.4, -0.2) is 26.5 Å². The van der Waals surface area contributed by atoms with Crippen LogP contribution in [0, 0.1) is 0 Å². The van der Waals surface area contributed by atoms with Gasteiger partial charge < -0.3 is 10.3 Å². The number of allylic oxidation sites excluding steroid dienone is 1. The zero-order valence-corrected chi connectivity index (χ0v) is 8.95. The quantitative estimate of drug-likeness (QED) is 0.670. The summed E-state index contributed by atoms with van der Waals surface area (Å²) in [5.74, 6) is 0.436. The maximum absolute atomic E-state index is 11.5. The highest BCUT2D eigenvalue weighted by Crippen LogP contribution is 2.02. The molecule has 2 heterocycles. The molecule has 0 atom stereocenters. The molecular weight excluding hydrogens is 206 g/mol. The number of hydrogen-bond donors (Lipinski definition) is 3. The van der Waals surface area contributed by atoms with Crippen molar-refractivity contribution < 1.29 is 0 Å². The normalized spacial score (nSPS) is 11.3. The molecule has 0 saturated heterocycles. The topological polar surface area (TPSA) is 86.5 Å². The van der Waals surface area contributed by atoms with E-state index in [0.717, 1.165) is 6.42 Å². The third-order valence-corrected chi connectivity index (χ3v) is 2.09. The first kappa shape index (κ1) is 10.4. The molecule has 16 heavy (non-hydrogen) atoms. The van der Waals surface area contributed by atoms with Gasteiger partial charge in [-0.15, -0.1) is 0 Å². The fraction of sp³-hybridized carbons (Fsp3) is 0.300. The van der Waals surface area contributed by atoms with Crippen LogP contribution in [0.5, 0.6) is 0 Å². The molecule has 84 valence electrons. The van der Waals surface area contributed by atoms with Crippen LogP contribution in [-0.2, 0) is 0 Å². The van der Waals surface area contributed by atoms with E-state index in [1.54, 1.807) is 0 Å². The summed E-state index contributed by atoms with van der Waals surface area (Å²) in [7, 11) is 0. The smallest absolute Gasteiger partial charge is 0.278 e. The van der Waals surface area contributed by atoms with E-state index in [9.17, 15) is 4.79 Å². The molecule has 0 aromatic carbocycles. The number of rotatable bonds is 4. The van der Waals surface area contributed by atoms with Crippen LogP contribution in [0.4, 0.5) is 5.95 Å².